The Kier molecular flexibility index (Phi) is 5.77. The van der Waals surface area contributed by atoms with Gasteiger partial charge >= 0.3 is 0 Å². The van der Waals surface area contributed by atoms with Crippen LogP contribution in [0.1, 0.15) is 18.1 Å². The van der Waals surface area contributed by atoms with Crippen LogP contribution < -0.4 is 0 Å². The predicted molar refractivity (Wildman–Crippen MR) is 176 cm³/mol. The molecule has 0 spiro atoms. The van der Waals surface area contributed by atoms with Crippen LogP contribution in [-0.2, 0) is 6.42 Å². The molecule has 5 aromatic carbocycles. The Morgan fingerprint density at radius 2 is 1.51 bits per heavy atom. The largest absolute Gasteiger partial charge is 0.226 e. The molecule has 2 heterocycles. The molecule has 1 unspecified atom stereocenters. The van der Waals surface area contributed by atoms with Crippen molar-refractivity contribution >= 4 is 60.1 Å². The molecule has 1 aliphatic rings. The molecular formula is C37H25ClN2S. The Hall–Kier alpha value is -4.31. The second-order valence-corrected chi connectivity index (χ2v) is 12.3. The van der Waals surface area contributed by atoms with Crippen LogP contribution in [0.3, 0.4) is 0 Å². The molecule has 2 aromatic heterocycles. The van der Waals surface area contributed by atoms with Gasteiger partial charge in [-0.3, -0.25) is 0 Å². The molecule has 0 amide bonds. The lowest BCUT2D eigenvalue weighted by atomic mass is 9.83. The molecule has 0 bridgehead atoms. The molecule has 0 aliphatic heterocycles. The van der Waals surface area contributed by atoms with Crippen LogP contribution in [0.2, 0.25) is 5.02 Å². The summed E-state index contributed by atoms with van der Waals surface area (Å²) in [4.78, 5) is 10.4. The van der Waals surface area contributed by atoms with E-state index < -0.39 is 0 Å². The highest BCUT2D eigenvalue weighted by Gasteiger charge is 2.20. The van der Waals surface area contributed by atoms with Crippen molar-refractivity contribution < 1.29 is 0 Å². The molecule has 1 aliphatic carbocycles. The molecule has 0 saturated carbocycles. The molecule has 7 aromatic rings. The number of halogens is 1. The van der Waals surface area contributed by atoms with Crippen molar-refractivity contribution in [1.82, 2.24) is 9.97 Å². The monoisotopic (exact) mass is 564 g/mol. The van der Waals surface area contributed by atoms with Crippen molar-refractivity contribution in [3.05, 3.63) is 125 Å². The number of allylic oxidation sites excluding steroid dienone is 1. The molecule has 0 fully saturated rings. The molecule has 8 rings (SSSR count). The van der Waals surface area contributed by atoms with Gasteiger partial charge < -0.3 is 0 Å². The van der Waals surface area contributed by atoms with Crippen molar-refractivity contribution in [3.8, 4) is 33.8 Å². The minimum atomic E-state index is 0.517. The summed E-state index contributed by atoms with van der Waals surface area (Å²) in [6.07, 6.45) is 5.64. The first-order valence-electron chi connectivity index (χ1n) is 13.9. The molecular weight excluding hydrogens is 540 g/mol. The smallest absolute Gasteiger partial charge is 0.160 e. The average molecular weight is 565 g/mol. The van der Waals surface area contributed by atoms with E-state index in [9.17, 15) is 0 Å². The Labute approximate surface area is 247 Å². The van der Waals surface area contributed by atoms with Gasteiger partial charge in [0.15, 0.2) is 5.82 Å². The molecule has 0 saturated heterocycles. The Morgan fingerprint density at radius 1 is 0.756 bits per heavy atom. The van der Waals surface area contributed by atoms with E-state index in [1.54, 1.807) is 11.3 Å². The van der Waals surface area contributed by atoms with Gasteiger partial charge in [0.1, 0.15) is 0 Å². The maximum atomic E-state index is 6.88. The maximum Gasteiger partial charge on any atom is 0.160 e. The van der Waals surface area contributed by atoms with Gasteiger partial charge in [-0.25, -0.2) is 9.97 Å². The second kappa shape index (κ2) is 9.66. The predicted octanol–water partition coefficient (Wildman–Crippen LogP) is 10.9. The van der Waals surface area contributed by atoms with Crippen LogP contribution in [0.25, 0.3) is 70.9 Å². The van der Waals surface area contributed by atoms with E-state index in [4.69, 9.17) is 21.6 Å². The number of rotatable bonds is 3. The molecule has 196 valence electrons. The van der Waals surface area contributed by atoms with E-state index in [0.717, 1.165) is 44.4 Å². The first-order valence-corrected chi connectivity index (χ1v) is 15.1. The zero-order valence-corrected chi connectivity index (χ0v) is 24.0. The van der Waals surface area contributed by atoms with Crippen molar-refractivity contribution in [2.45, 2.75) is 13.3 Å². The molecule has 0 radical (unpaired) electrons. The quantitative estimate of drug-likeness (QED) is 0.213. The highest BCUT2D eigenvalue weighted by Crippen LogP contribution is 2.42. The minimum absolute atomic E-state index is 0.517. The van der Waals surface area contributed by atoms with Gasteiger partial charge in [0.25, 0.3) is 0 Å². The molecule has 4 heteroatoms. The fraction of sp³-hybridized carbons (Fsp3) is 0.0811. The highest BCUT2D eigenvalue weighted by atomic mass is 35.5. The SMILES string of the molecule is CC1C=Cc2c(cc3ccccc3c2-c2cc(Cl)cc(-c3nc(-c4ccccc4)c4sc5ccccc5c4n3)c2)C1. The molecule has 0 N–H and O–H groups in total. The fourth-order valence-corrected chi connectivity index (χ4v) is 7.53. The van der Waals surface area contributed by atoms with Gasteiger partial charge in [-0.05, 0) is 69.6 Å². The summed E-state index contributed by atoms with van der Waals surface area (Å²) < 4.78 is 2.31. The second-order valence-electron chi connectivity index (χ2n) is 10.9. The van der Waals surface area contributed by atoms with E-state index in [0.29, 0.717) is 16.8 Å². The number of benzene rings is 5. The molecule has 2 nitrogen and oxygen atoms in total. The van der Waals surface area contributed by atoms with E-state index in [-0.39, 0.29) is 0 Å². The van der Waals surface area contributed by atoms with E-state index >= 15 is 0 Å². The topological polar surface area (TPSA) is 25.8 Å². The summed E-state index contributed by atoms with van der Waals surface area (Å²) in [6, 6.07) is 36.2. The van der Waals surface area contributed by atoms with Gasteiger partial charge in [0.2, 0.25) is 0 Å². The lowest BCUT2D eigenvalue weighted by molar-refractivity contribution is 0.718. The number of fused-ring (bicyclic) bond motifs is 5. The van der Waals surface area contributed by atoms with Gasteiger partial charge in [0, 0.05) is 26.2 Å². The average Bonchev–Trinajstić information content (AvgIpc) is 3.38. The van der Waals surface area contributed by atoms with Crippen LogP contribution in [0, 0.1) is 5.92 Å². The summed E-state index contributed by atoms with van der Waals surface area (Å²) in [7, 11) is 0. The Bertz CT molecular complexity index is 2160. The van der Waals surface area contributed by atoms with Crippen molar-refractivity contribution in [2.75, 3.05) is 0 Å². The van der Waals surface area contributed by atoms with Crippen LogP contribution >= 0.6 is 22.9 Å². The Balaban J connectivity index is 1.40. The highest BCUT2D eigenvalue weighted by molar-refractivity contribution is 7.26. The van der Waals surface area contributed by atoms with Gasteiger partial charge in [0.05, 0.1) is 15.9 Å². The third kappa shape index (κ3) is 4.16. The van der Waals surface area contributed by atoms with E-state index in [1.807, 2.05) is 12.1 Å². The third-order valence-electron chi connectivity index (χ3n) is 8.02. The van der Waals surface area contributed by atoms with E-state index in [2.05, 4.69) is 110 Å². The van der Waals surface area contributed by atoms with Crippen molar-refractivity contribution in [3.63, 3.8) is 0 Å². The minimum Gasteiger partial charge on any atom is -0.226 e. The molecule has 41 heavy (non-hydrogen) atoms. The zero-order valence-electron chi connectivity index (χ0n) is 22.4. The lowest BCUT2D eigenvalue weighted by Crippen LogP contribution is -2.05. The van der Waals surface area contributed by atoms with Gasteiger partial charge in [-0.1, -0.05) is 110 Å². The maximum absolute atomic E-state index is 6.88. The summed E-state index contributed by atoms with van der Waals surface area (Å²) in [5.74, 6) is 1.20. The van der Waals surface area contributed by atoms with Crippen LogP contribution in [-0.4, -0.2) is 9.97 Å². The van der Waals surface area contributed by atoms with Gasteiger partial charge in [-0.2, -0.15) is 0 Å². The number of hydrogen-bond donors (Lipinski definition) is 0. The third-order valence-corrected chi connectivity index (χ3v) is 9.41. The van der Waals surface area contributed by atoms with E-state index in [1.165, 1.54) is 32.2 Å². The number of thiophene rings is 1. The van der Waals surface area contributed by atoms with Crippen LogP contribution in [0.15, 0.2) is 109 Å². The Morgan fingerprint density at radius 3 is 2.39 bits per heavy atom. The first kappa shape index (κ1) is 24.5. The summed E-state index contributed by atoms with van der Waals surface area (Å²) in [6.45, 7) is 2.28. The fourth-order valence-electron chi connectivity index (χ4n) is 6.14. The van der Waals surface area contributed by atoms with Crippen molar-refractivity contribution in [1.29, 1.82) is 0 Å². The normalized spacial score (nSPS) is 14.6. The summed E-state index contributed by atoms with van der Waals surface area (Å²) in [5.41, 5.74) is 8.89. The zero-order chi connectivity index (χ0) is 27.5. The van der Waals surface area contributed by atoms with Crippen LogP contribution in [0.4, 0.5) is 0 Å². The first-order chi connectivity index (χ1) is 20.1. The molecule has 1 atom stereocenters. The van der Waals surface area contributed by atoms with Crippen LogP contribution in [0.5, 0.6) is 0 Å². The lowest BCUT2D eigenvalue weighted by Gasteiger charge is -2.22. The van der Waals surface area contributed by atoms with Gasteiger partial charge in [-0.15, -0.1) is 11.3 Å². The summed E-state index contributed by atoms with van der Waals surface area (Å²) >= 11 is 8.63. The van der Waals surface area contributed by atoms with Crippen molar-refractivity contribution in [2.24, 2.45) is 5.92 Å². The number of aromatic nitrogens is 2. The standard InChI is InChI=1S/C37H25ClN2S/c1-22-15-16-30-25(17-22)18-24-11-5-6-12-29(24)33(30)26-19-27(21-28(38)20-26)37-39-34(23-9-3-2-4-10-23)36-35(40-37)31-13-7-8-14-32(31)41-36/h2-16,18-22H,17H2,1H3. The summed E-state index contributed by atoms with van der Waals surface area (Å²) in [5, 5.41) is 4.30. The number of nitrogens with zero attached hydrogens (tertiary/aromatic N) is 2. The number of hydrogen-bond acceptors (Lipinski definition) is 3.